The minimum absolute atomic E-state index is 0.0337. The number of methoxy groups -OCH3 is 1. The molecule has 1 aliphatic heterocycles. The van der Waals surface area contributed by atoms with E-state index >= 15 is 0 Å². The minimum Gasteiger partial charge on any atom is -0.490 e. The lowest BCUT2D eigenvalue weighted by atomic mass is 10.1. The fourth-order valence-corrected chi connectivity index (χ4v) is 3.89. The third-order valence-electron chi connectivity index (χ3n) is 5.44. The highest BCUT2D eigenvalue weighted by Gasteiger charge is 2.24. The molecule has 0 bridgehead atoms. The largest absolute Gasteiger partial charge is 0.490 e. The Hall–Kier alpha value is -3.73. The van der Waals surface area contributed by atoms with Crippen LogP contribution in [0.5, 0.6) is 5.75 Å². The summed E-state index contributed by atoms with van der Waals surface area (Å²) in [7, 11) is 1.32. The van der Waals surface area contributed by atoms with Crippen molar-refractivity contribution in [1.29, 1.82) is 0 Å². The van der Waals surface area contributed by atoms with E-state index in [9.17, 15) is 19.7 Å². The number of carbonyl (C=O) groups excluding carboxylic acids is 2. The molecular formula is C23H27N5O5S. The summed E-state index contributed by atoms with van der Waals surface area (Å²) < 4.78 is 4.97. The number of ether oxygens (including phenoxy) is 1. The highest BCUT2D eigenvalue weighted by molar-refractivity contribution is 7.80. The molecule has 2 aromatic carbocycles. The molecule has 10 nitrogen and oxygen atoms in total. The van der Waals surface area contributed by atoms with Gasteiger partial charge in [-0.25, -0.2) is 0 Å². The molecule has 11 heteroatoms. The van der Waals surface area contributed by atoms with Crippen LogP contribution in [0.1, 0.15) is 24.2 Å². The molecule has 2 amide bonds. The number of para-hydroxylation sites is 2. The highest BCUT2D eigenvalue weighted by Crippen LogP contribution is 2.28. The van der Waals surface area contributed by atoms with Gasteiger partial charge in [-0.15, -0.1) is 0 Å². The fourth-order valence-electron chi connectivity index (χ4n) is 3.69. The van der Waals surface area contributed by atoms with Gasteiger partial charge in [0.25, 0.3) is 5.91 Å². The fraction of sp³-hybridized carbons (Fsp3) is 0.348. The van der Waals surface area contributed by atoms with Crippen LogP contribution in [0.15, 0.2) is 42.5 Å². The van der Waals surface area contributed by atoms with E-state index in [1.165, 1.54) is 19.2 Å². The maximum absolute atomic E-state index is 12.6. The molecule has 3 rings (SSSR count). The van der Waals surface area contributed by atoms with Gasteiger partial charge in [0.1, 0.15) is 0 Å². The van der Waals surface area contributed by atoms with Crippen LogP contribution in [-0.2, 0) is 4.79 Å². The molecule has 0 saturated carbocycles. The molecule has 34 heavy (non-hydrogen) atoms. The van der Waals surface area contributed by atoms with E-state index in [-0.39, 0.29) is 33.9 Å². The van der Waals surface area contributed by atoms with Gasteiger partial charge >= 0.3 is 5.69 Å². The first-order chi connectivity index (χ1) is 16.2. The minimum atomic E-state index is -0.614. The first-order valence-corrected chi connectivity index (χ1v) is 11.2. The molecule has 2 aromatic rings. The molecule has 0 radical (unpaired) electrons. The number of carbonyl (C=O) groups is 2. The Morgan fingerprint density at radius 3 is 2.41 bits per heavy atom. The molecule has 180 valence electrons. The molecule has 2 N–H and O–H groups in total. The number of benzene rings is 2. The van der Waals surface area contributed by atoms with Crippen LogP contribution >= 0.6 is 12.2 Å². The van der Waals surface area contributed by atoms with E-state index in [2.05, 4.69) is 15.5 Å². The molecule has 0 aromatic heterocycles. The molecule has 0 spiro atoms. The zero-order valence-corrected chi connectivity index (χ0v) is 20.1. The van der Waals surface area contributed by atoms with Gasteiger partial charge in [0.2, 0.25) is 5.91 Å². The van der Waals surface area contributed by atoms with Crippen LogP contribution in [0.25, 0.3) is 0 Å². The van der Waals surface area contributed by atoms with E-state index in [1.807, 2.05) is 43.0 Å². The summed E-state index contributed by atoms with van der Waals surface area (Å²) in [6, 6.07) is 11.5. The summed E-state index contributed by atoms with van der Waals surface area (Å²) in [5.74, 6) is -0.407. The third kappa shape index (κ3) is 5.79. The second-order valence-corrected chi connectivity index (χ2v) is 8.44. The second kappa shape index (κ2) is 10.9. The summed E-state index contributed by atoms with van der Waals surface area (Å²) >= 11 is 5.31. The number of nitro groups is 1. The van der Waals surface area contributed by atoms with E-state index in [4.69, 9.17) is 17.0 Å². The maximum Gasteiger partial charge on any atom is 0.311 e. The van der Waals surface area contributed by atoms with Gasteiger partial charge in [0.05, 0.1) is 23.4 Å². The summed E-state index contributed by atoms with van der Waals surface area (Å²) in [5, 5.41) is 16.9. The van der Waals surface area contributed by atoms with E-state index in [0.717, 1.165) is 11.8 Å². The van der Waals surface area contributed by atoms with Crippen molar-refractivity contribution >= 4 is 46.2 Å². The molecule has 1 heterocycles. The Morgan fingerprint density at radius 1 is 1.12 bits per heavy atom. The normalized spacial score (nSPS) is 13.4. The van der Waals surface area contributed by atoms with Crippen molar-refractivity contribution in [2.45, 2.75) is 13.8 Å². The SMILES string of the molecule is COc1ccc(C(=O)NC(=S)Nc2ccccc2N2CCN(C(=O)C(C)C)CC2)cc1[N+](=O)[O-]. The van der Waals surface area contributed by atoms with Crippen molar-refractivity contribution < 1.29 is 19.2 Å². The van der Waals surface area contributed by atoms with Crippen LogP contribution in [0.3, 0.4) is 0 Å². The molecule has 1 saturated heterocycles. The van der Waals surface area contributed by atoms with Crippen molar-refractivity contribution in [3.05, 3.63) is 58.1 Å². The monoisotopic (exact) mass is 485 g/mol. The Morgan fingerprint density at radius 2 is 1.79 bits per heavy atom. The van der Waals surface area contributed by atoms with Crippen LogP contribution in [0, 0.1) is 16.0 Å². The molecule has 1 fully saturated rings. The Bertz CT molecular complexity index is 1100. The van der Waals surface area contributed by atoms with E-state index < -0.39 is 10.8 Å². The lowest BCUT2D eigenvalue weighted by Crippen LogP contribution is -2.50. The smallest absolute Gasteiger partial charge is 0.311 e. The summed E-state index contributed by atoms with van der Waals surface area (Å²) in [5.41, 5.74) is 1.37. The number of hydrogen-bond donors (Lipinski definition) is 2. The van der Waals surface area contributed by atoms with Gasteiger partial charge in [-0.3, -0.25) is 25.0 Å². The first-order valence-electron chi connectivity index (χ1n) is 10.8. The van der Waals surface area contributed by atoms with Crippen LogP contribution in [0.4, 0.5) is 17.1 Å². The average molecular weight is 486 g/mol. The Labute approximate surface area is 203 Å². The second-order valence-electron chi connectivity index (χ2n) is 8.04. The number of anilines is 2. The third-order valence-corrected chi connectivity index (χ3v) is 5.65. The number of nitrogens with one attached hydrogen (secondary N) is 2. The van der Waals surface area contributed by atoms with Crippen LogP contribution < -0.4 is 20.3 Å². The summed E-state index contributed by atoms with van der Waals surface area (Å²) in [6.07, 6.45) is 0. The van der Waals surface area contributed by atoms with Gasteiger partial charge in [0, 0.05) is 43.7 Å². The standard InChI is InChI=1S/C23H27N5O5S/c1-15(2)22(30)27-12-10-26(11-13-27)18-7-5-4-6-17(18)24-23(34)25-21(29)16-8-9-20(33-3)19(14-16)28(31)32/h4-9,14-15H,10-13H2,1-3H3,(H2,24,25,29,34). The predicted octanol–water partition coefficient (Wildman–Crippen LogP) is 3.03. The number of nitrogens with zero attached hydrogens (tertiary/aromatic N) is 3. The number of rotatable bonds is 6. The molecule has 0 atom stereocenters. The zero-order valence-electron chi connectivity index (χ0n) is 19.2. The molecule has 1 aliphatic rings. The Kier molecular flexibility index (Phi) is 8.00. The number of nitro benzene ring substituents is 1. The summed E-state index contributed by atoms with van der Waals surface area (Å²) in [4.78, 5) is 39.5. The van der Waals surface area contributed by atoms with Gasteiger partial charge in [0.15, 0.2) is 10.9 Å². The number of amides is 2. The van der Waals surface area contributed by atoms with Crippen LogP contribution in [-0.4, -0.2) is 60.0 Å². The van der Waals surface area contributed by atoms with Gasteiger partial charge < -0.3 is 19.9 Å². The first kappa shape index (κ1) is 24.9. The lowest BCUT2D eigenvalue weighted by molar-refractivity contribution is -0.385. The highest BCUT2D eigenvalue weighted by atomic mass is 32.1. The number of piperazine rings is 1. The number of thiocarbonyl (C=S) groups is 1. The molecular weight excluding hydrogens is 458 g/mol. The topological polar surface area (TPSA) is 117 Å². The quantitative estimate of drug-likeness (QED) is 0.364. The molecule has 0 unspecified atom stereocenters. The number of hydrogen-bond acceptors (Lipinski definition) is 7. The summed E-state index contributed by atoms with van der Waals surface area (Å²) in [6.45, 7) is 6.39. The molecule has 0 aliphatic carbocycles. The maximum atomic E-state index is 12.6. The van der Waals surface area contributed by atoms with E-state index in [0.29, 0.717) is 31.9 Å². The lowest BCUT2D eigenvalue weighted by Gasteiger charge is -2.37. The Balaban J connectivity index is 1.66. The van der Waals surface area contributed by atoms with E-state index in [1.54, 1.807) is 0 Å². The average Bonchev–Trinajstić information content (AvgIpc) is 2.83. The van der Waals surface area contributed by atoms with Crippen molar-refractivity contribution in [2.24, 2.45) is 5.92 Å². The zero-order chi connectivity index (χ0) is 24.8. The predicted molar refractivity (Wildman–Crippen MR) is 133 cm³/mol. The van der Waals surface area contributed by atoms with Crippen molar-refractivity contribution in [3.63, 3.8) is 0 Å². The van der Waals surface area contributed by atoms with Crippen molar-refractivity contribution in [1.82, 2.24) is 10.2 Å². The van der Waals surface area contributed by atoms with Crippen LogP contribution in [0.2, 0.25) is 0 Å². The van der Waals surface area contributed by atoms with Gasteiger partial charge in [-0.1, -0.05) is 26.0 Å². The van der Waals surface area contributed by atoms with Gasteiger partial charge in [-0.2, -0.15) is 0 Å². The van der Waals surface area contributed by atoms with Crippen molar-refractivity contribution in [3.8, 4) is 5.75 Å². The van der Waals surface area contributed by atoms with Crippen molar-refractivity contribution in [2.75, 3.05) is 43.5 Å². The van der Waals surface area contributed by atoms with Gasteiger partial charge in [-0.05, 0) is 36.5 Å².